The van der Waals surface area contributed by atoms with Crippen LogP contribution < -0.4 is 0 Å². The van der Waals surface area contributed by atoms with Gasteiger partial charge in [0.25, 0.3) is 5.91 Å². The highest BCUT2D eigenvalue weighted by Crippen LogP contribution is 2.31. The van der Waals surface area contributed by atoms with E-state index in [-0.39, 0.29) is 61.1 Å². The molecule has 0 radical (unpaired) electrons. The number of nitrogens with zero attached hydrogens (tertiary/aromatic N) is 1. The lowest BCUT2D eigenvalue weighted by Gasteiger charge is -2.36. The van der Waals surface area contributed by atoms with Crippen LogP contribution >= 0.6 is 0 Å². The molecule has 2 saturated heterocycles. The molecule has 330 valence electrons. The second-order valence-electron chi connectivity index (χ2n) is 17.9. The molecule has 9 atom stereocenters. The zero-order valence-corrected chi connectivity index (χ0v) is 36.9. The maximum atomic E-state index is 14.1. The van der Waals surface area contributed by atoms with Crippen LogP contribution in [-0.2, 0) is 42.9 Å². The van der Waals surface area contributed by atoms with Crippen LogP contribution in [0.3, 0.4) is 0 Å². The van der Waals surface area contributed by atoms with Gasteiger partial charge in [0, 0.05) is 51.9 Å². The van der Waals surface area contributed by atoms with Gasteiger partial charge in [-0.3, -0.25) is 19.2 Å². The quantitative estimate of drug-likeness (QED) is 0.166. The molecule has 3 aliphatic heterocycles. The molecule has 0 spiro atoms. The summed E-state index contributed by atoms with van der Waals surface area (Å²) < 4.78 is 24.1. The zero-order valence-electron chi connectivity index (χ0n) is 36.9. The SMILES string of the molecule is CO[C@H]1CC(=O)[C@H](C)C[C@H](C)/C=C/C=C/C=C(\C)[C@@H](OC)CC2CCCC(O2)C(=O)C(=O)N2CCCC[C@H]2C(=O)O[C@H](CC[C@H]2CC[C@H](O)CC2)CC(=O)[C@H](C)/C=C/1C. The lowest BCUT2D eigenvalue weighted by Crippen LogP contribution is -2.54. The van der Waals surface area contributed by atoms with E-state index in [4.69, 9.17) is 18.9 Å². The first-order valence-corrected chi connectivity index (χ1v) is 22.4. The standard InChI is InChI=1S/C48H73NO10/c1-31-14-9-8-10-15-32(2)44(56-6)29-38-16-13-18-43(58-38)46(53)47(54)49-25-12-11-17-40(49)48(55)59-39(24-21-36-19-22-37(50)23-20-36)28-41(51)34(4)27-35(5)45(57-7)30-42(52)33(3)26-31/h8-10,14-15,27,31,33-34,36-40,43-45,50H,11-13,16-26,28-30H2,1-7H3/b10-8+,14-9+,32-15+,35-27+/t31-,33-,34-,36-,37-,38?,39-,40+,43?,44+,45+/m1/s1. The van der Waals surface area contributed by atoms with Crippen LogP contribution in [0.2, 0.25) is 0 Å². The summed E-state index contributed by atoms with van der Waals surface area (Å²) in [5, 5.41) is 10.1. The van der Waals surface area contributed by atoms with E-state index in [1.54, 1.807) is 14.2 Å². The second kappa shape index (κ2) is 24.3. The maximum absolute atomic E-state index is 14.1. The number of aliphatic hydroxyl groups is 1. The van der Waals surface area contributed by atoms with E-state index in [9.17, 15) is 29.1 Å². The largest absolute Gasteiger partial charge is 0.460 e. The van der Waals surface area contributed by atoms with E-state index in [1.807, 2.05) is 58.1 Å². The molecule has 1 N–H and O–H groups in total. The minimum atomic E-state index is -0.934. The van der Waals surface area contributed by atoms with E-state index in [1.165, 1.54) is 4.90 Å². The molecule has 4 aliphatic rings. The average molecular weight is 824 g/mol. The highest BCUT2D eigenvalue weighted by molar-refractivity contribution is 6.38. The van der Waals surface area contributed by atoms with Crippen LogP contribution in [0.5, 0.6) is 0 Å². The number of ketones is 3. The van der Waals surface area contributed by atoms with Crippen molar-refractivity contribution in [1.29, 1.82) is 0 Å². The molecule has 4 rings (SSSR count). The van der Waals surface area contributed by atoms with Gasteiger partial charge in [0.2, 0.25) is 5.78 Å². The van der Waals surface area contributed by atoms with Crippen molar-refractivity contribution in [1.82, 2.24) is 4.90 Å². The van der Waals surface area contributed by atoms with E-state index >= 15 is 0 Å². The third kappa shape index (κ3) is 15.0. The number of aliphatic hydroxyl groups excluding tert-OH is 1. The third-order valence-electron chi connectivity index (χ3n) is 13.1. The van der Waals surface area contributed by atoms with Crippen LogP contribution in [0, 0.1) is 23.7 Å². The molecule has 59 heavy (non-hydrogen) atoms. The van der Waals surface area contributed by atoms with Crippen molar-refractivity contribution in [2.24, 2.45) is 23.7 Å². The van der Waals surface area contributed by atoms with Gasteiger partial charge in [0.15, 0.2) is 0 Å². The van der Waals surface area contributed by atoms with Gasteiger partial charge in [-0.05, 0) is 120 Å². The lowest BCUT2D eigenvalue weighted by molar-refractivity contribution is -0.167. The van der Waals surface area contributed by atoms with Crippen LogP contribution in [0.25, 0.3) is 0 Å². The Kier molecular flexibility index (Phi) is 19.9. The Bertz CT molecular complexity index is 1540. The van der Waals surface area contributed by atoms with Crippen molar-refractivity contribution in [2.45, 2.75) is 180 Å². The minimum Gasteiger partial charge on any atom is -0.460 e. The summed E-state index contributed by atoms with van der Waals surface area (Å²) in [6.07, 6.45) is 18.4. The summed E-state index contributed by atoms with van der Waals surface area (Å²) in [4.78, 5) is 70.4. The minimum absolute atomic E-state index is 0.00568. The van der Waals surface area contributed by atoms with Gasteiger partial charge in [-0.25, -0.2) is 4.79 Å². The summed E-state index contributed by atoms with van der Waals surface area (Å²) in [7, 11) is 3.23. The Morgan fingerprint density at radius 2 is 1.49 bits per heavy atom. The van der Waals surface area contributed by atoms with Crippen LogP contribution in [0.15, 0.2) is 47.6 Å². The van der Waals surface area contributed by atoms with Gasteiger partial charge in [0.05, 0.1) is 24.4 Å². The molecule has 0 aromatic rings. The fourth-order valence-electron chi connectivity index (χ4n) is 9.19. The van der Waals surface area contributed by atoms with Gasteiger partial charge in [0.1, 0.15) is 29.8 Å². The Labute approximate surface area is 353 Å². The lowest BCUT2D eigenvalue weighted by atomic mass is 9.83. The van der Waals surface area contributed by atoms with Crippen molar-refractivity contribution in [3.8, 4) is 0 Å². The Morgan fingerprint density at radius 3 is 2.20 bits per heavy atom. The van der Waals surface area contributed by atoms with Gasteiger partial charge in [-0.1, -0.05) is 57.2 Å². The molecule has 11 nitrogen and oxygen atoms in total. The molecule has 3 heterocycles. The summed E-state index contributed by atoms with van der Waals surface area (Å²) in [6.45, 7) is 9.99. The van der Waals surface area contributed by atoms with E-state index in [2.05, 4.69) is 13.0 Å². The predicted molar refractivity (Wildman–Crippen MR) is 227 cm³/mol. The number of hydrogen-bond acceptors (Lipinski definition) is 10. The average Bonchev–Trinajstić information content (AvgIpc) is 3.23. The molecule has 1 aliphatic carbocycles. The number of rotatable bonds is 5. The Morgan fingerprint density at radius 1 is 0.763 bits per heavy atom. The number of cyclic esters (lactones) is 1. The second-order valence-corrected chi connectivity index (χ2v) is 17.9. The molecule has 2 bridgehead atoms. The molecule has 0 aromatic heterocycles. The first-order chi connectivity index (χ1) is 28.2. The monoisotopic (exact) mass is 824 g/mol. The van der Waals surface area contributed by atoms with Crippen molar-refractivity contribution in [3.05, 3.63) is 47.6 Å². The highest BCUT2D eigenvalue weighted by atomic mass is 16.5. The van der Waals surface area contributed by atoms with Gasteiger partial charge >= 0.3 is 5.97 Å². The van der Waals surface area contributed by atoms with Crippen LogP contribution in [0.4, 0.5) is 0 Å². The number of fused-ring (bicyclic) bond motifs is 3. The molecule has 3 fully saturated rings. The molecular formula is C48H73NO10. The summed E-state index contributed by atoms with van der Waals surface area (Å²) in [6, 6.07) is -0.934. The van der Waals surface area contributed by atoms with Crippen molar-refractivity contribution >= 4 is 29.2 Å². The molecule has 0 aromatic carbocycles. The fraction of sp³-hybridized carbons (Fsp3) is 0.729. The summed E-state index contributed by atoms with van der Waals surface area (Å²) in [5.74, 6) is -2.16. The number of esters is 1. The summed E-state index contributed by atoms with van der Waals surface area (Å²) >= 11 is 0. The molecule has 1 saturated carbocycles. The van der Waals surface area contributed by atoms with E-state index < -0.39 is 47.9 Å². The third-order valence-corrected chi connectivity index (χ3v) is 13.1. The van der Waals surface area contributed by atoms with Gasteiger partial charge < -0.3 is 29.0 Å². The Hall–Kier alpha value is -3.25. The number of Topliss-reactive ketones (excluding diaryl/α,β-unsaturated/α-hetero) is 3. The van der Waals surface area contributed by atoms with Crippen molar-refractivity contribution < 1.29 is 48.0 Å². The number of piperidine rings is 1. The first-order valence-electron chi connectivity index (χ1n) is 22.4. The van der Waals surface area contributed by atoms with E-state index in [0.29, 0.717) is 50.9 Å². The van der Waals surface area contributed by atoms with Crippen LogP contribution in [0.1, 0.15) is 137 Å². The number of carbonyl (C=O) groups excluding carboxylic acids is 5. The highest BCUT2D eigenvalue weighted by Gasteiger charge is 2.41. The predicted octanol–water partition coefficient (Wildman–Crippen LogP) is 7.77. The molecule has 1 amide bonds. The molecule has 2 unspecified atom stereocenters. The normalized spacial score (nSPS) is 37.7. The summed E-state index contributed by atoms with van der Waals surface area (Å²) in [5.41, 5.74) is 1.79. The number of methoxy groups -OCH3 is 2. The Balaban J connectivity index is 1.60. The molecular weight excluding hydrogens is 751 g/mol. The number of allylic oxidation sites excluding steroid dienone is 6. The van der Waals surface area contributed by atoms with Crippen molar-refractivity contribution in [2.75, 3.05) is 20.8 Å². The van der Waals surface area contributed by atoms with Gasteiger partial charge in [-0.2, -0.15) is 0 Å². The number of amides is 1. The number of carbonyl (C=O) groups is 5. The maximum Gasteiger partial charge on any atom is 0.329 e. The van der Waals surface area contributed by atoms with Crippen molar-refractivity contribution in [3.63, 3.8) is 0 Å². The fourth-order valence-corrected chi connectivity index (χ4v) is 9.19. The zero-order chi connectivity index (χ0) is 43.1. The topological polar surface area (TPSA) is 146 Å². The number of hydrogen-bond donors (Lipinski definition) is 1. The van der Waals surface area contributed by atoms with Gasteiger partial charge in [-0.15, -0.1) is 0 Å². The van der Waals surface area contributed by atoms with Crippen LogP contribution in [-0.4, -0.2) is 103 Å². The first kappa shape index (κ1) is 48.4. The van der Waals surface area contributed by atoms with E-state index in [0.717, 1.165) is 56.1 Å². The molecule has 11 heteroatoms. The number of ether oxygens (including phenoxy) is 4. The smallest absolute Gasteiger partial charge is 0.329 e.